The van der Waals surface area contributed by atoms with E-state index in [9.17, 15) is 13.9 Å². The lowest BCUT2D eigenvalue weighted by Crippen LogP contribution is -2.65. The van der Waals surface area contributed by atoms with Gasteiger partial charge < -0.3 is 15.2 Å². The standard InChI is InChI=1S/C19H17F2N3O2S/c1-19(25)16(24-9-5-2-6-10-24)15(13(11-22)17(27)23-19)12-7-3-4-8-14(12)26-18(20)21/h2-10,15-16,18,22,25H,1H3/p+1. The number of nitrogens with one attached hydrogen (secondary N) is 2. The molecule has 0 aliphatic carbocycles. The van der Waals surface area contributed by atoms with Crippen LogP contribution in [0.1, 0.15) is 24.4 Å². The van der Waals surface area contributed by atoms with Crippen molar-refractivity contribution in [2.75, 3.05) is 0 Å². The van der Waals surface area contributed by atoms with E-state index in [1.54, 1.807) is 54.2 Å². The van der Waals surface area contributed by atoms with E-state index >= 15 is 0 Å². The largest absolute Gasteiger partial charge is 0.435 e. The summed E-state index contributed by atoms with van der Waals surface area (Å²) in [6, 6.07) is 11.0. The number of rotatable bonds is 4. The minimum Gasteiger partial charge on any atom is -0.435 e. The second kappa shape index (κ2) is 7.52. The summed E-state index contributed by atoms with van der Waals surface area (Å²) in [5, 5.41) is 21.6. The summed E-state index contributed by atoms with van der Waals surface area (Å²) in [5.41, 5.74) is -0.840. The highest BCUT2D eigenvalue weighted by atomic mass is 32.1. The zero-order valence-corrected chi connectivity index (χ0v) is 15.2. The molecule has 1 aromatic heterocycles. The Morgan fingerprint density at radius 1 is 1.26 bits per heavy atom. The normalized spacial score (nSPS) is 25.1. The van der Waals surface area contributed by atoms with Crippen LogP contribution in [0.25, 0.3) is 0 Å². The number of benzene rings is 1. The molecule has 3 N–H and O–H groups in total. The van der Waals surface area contributed by atoms with Gasteiger partial charge in [0.25, 0.3) is 0 Å². The maximum absolute atomic E-state index is 12.9. The van der Waals surface area contributed by atoms with E-state index in [0.717, 1.165) is 0 Å². The number of thiocarbonyl (C=S) groups is 1. The number of hydrogen-bond acceptors (Lipinski definition) is 4. The molecule has 1 fully saturated rings. The molecule has 0 spiro atoms. The predicted molar refractivity (Wildman–Crippen MR) is 99.1 cm³/mol. The minimum absolute atomic E-state index is 0.0349. The molecule has 0 saturated carbocycles. The van der Waals surface area contributed by atoms with Gasteiger partial charge in [-0.2, -0.15) is 13.3 Å². The number of aliphatic hydroxyl groups is 1. The van der Waals surface area contributed by atoms with Gasteiger partial charge >= 0.3 is 6.61 Å². The monoisotopic (exact) mass is 390 g/mol. The minimum atomic E-state index is -3.00. The average Bonchev–Trinajstić information content (AvgIpc) is 2.61. The van der Waals surface area contributed by atoms with Gasteiger partial charge in [0.2, 0.25) is 6.04 Å². The van der Waals surface area contributed by atoms with Gasteiger partial charge in [-0.15, -0.1) is 0 Å². The fourth-order valence-corrected chi connectivity index (χ4v) is 3.84. The summed E-state index contributed by atoms with van der Waals surface area (Å²) in [6.45, 7) is -1.45. The lowest BCUT2D eigenvalue weighted by atomic mass is 9.77. The molecule has 27 heavy (non-hydrogen) atoms. The Hall–Kier alpha value is -2.67. The molecule has 1 aromatic carbocycles. The van der Waals surface area contributed by atoms with Crippen molar-refractivity contribution >= 4 is 23.1 Å². The van der Waals surface area contributed by atoms with Gasteiger partial charge in [-0.05, 0) is 18.9 Å². The van der Waals surface area contributed by atoms with Crippen LogP contribution in [0, 0.1) is 5.41 Å². The third-order valence-electron chi connectivity index (χ3n) is 4.48. The summed E-state index contributed by atoms with van der Waals surface area (Å²) in [7, 11) is 0. The van der Waals surface area contributed by atoms with Crippen molar-refractivity contribution in [1.29, 1.82) is 5.41 Å². The van der Waals surface area contributed by atoms with Crippen LogP contribution in [-0.4, -0.2) is 28.3 Å². The first kappa shape index (κ1) is 19.1. The molecular weight excluding hydrogens is 372 g/mol. The van der Waals surface area contributed by atoms with Gasteiger partial charge in [0.05, 0.1) is 11.5 Å². The Kier molecular flexibility index (Phi) is 5.32. The lowest BCUT2D eigenvalue weighted by molar-refractivity contribution is -0.740. The van der Waals surface area contributed by atoms with Crippen molar-refractivity contribution in [2.24, 2.45) is 0 Å². The molecule has 2 aromatic rings. The van der Waals surface area contributed by atoms with Crippen LogP contribution in [0.15, 0.2) is 60.4 Å². The molecule has 140 valence electrons. The first-order valence-electron chi connectivity index (χ1n) is 8.19. The molecule has 0 amide bonds. The SMILES string of the molecule is CC1(O)NC(=S)C(=C=N)C(c2ccccc2OC(F)F)C1[n+]1ccccc1. The number of halogens is 2. The van der Waals surface area contributed by atoms with E-state index in [-0.39, 0.29) is 16.3 Å². The van der Waals surface area contributed by atoms with Crippen molar-refractivity contribution in [1.82, 2.24) is 5.32 Å². The number of nitrogens with zero attached hydrogens (tertiary/aromatic N) is 1. The summed E-state index contributed by atoms with van der Waals surface area (Å²) < 4.78 is 32.3. The fourth-order valence-electron chi connectivity index (χ4n) is 3.46. The predicted octanol–water partition coefficient (Wildman–Crippen LogP) is 2.71. The summed E-state index contributed by atoms with van der Waals surface area (Å²) in [5.74, 6) is 1.55. The van der Waals surface area contributed by atoms with E-state index in [1.807, 2.05) is 6.07 Å². The molecule has 1 aliphatic heterocycles. The molecule has 3 rings (SSSR count). The second-order valence-electron chi connectivity index (χ2n) is 6.30. The molecule has 3 atom stereocenters. The number of piperidine rings is 1. The van der Waals surface area contributed by atoms with E-state index < -0.39 is 24.3 Å². The third kappa shape index (κ3) is 3.73. The Morgan fingerprint density at radius 2 is 1.93 bits per heavy atom. The number of aromatic nitrogens is 1. The van der Waals surface area contributed by atoms with Crippen LogP contribution in [0.5, 0.6) is 5.75 Å². The number of ether oxygens (including phenoxy) is 1. The van der Waals surface area contributed by atoms with Gasteiger partial charge in [-0.3, -0.25) is 5.41 Å². The summed E-state index contributed by atoms with van der Waals surface area (Å²) in [4.78, 5) is 0.139. The molecule has 2 heterocycles. The van der Waals surface area contributed by atoms with E-state index in [0.29, 0.717) is 5.56 Å². The average molecular weight is 390 g/mol. The van der Waals surface area contributed by atoms with Gasteiger partial charge in [-0.25, -0.2) is 0 Å². The maximum atomic E-state index is 12.9. The van der Waals surface area contributed by atoms with Gasteiger partial charge in [0, 0.05) is 17.7 Å². The van der Waals surface area contributed by atoms with Crippen molar-refractivity contribution < 1.29 is 23.2 Å². The Bertz CT molecular complexity index is 899. The smallest absolute Gasteiger partial charge is 0.387 e. The Labute approximate surface area is 160 Å². The van der Waals surface area contributed by atoms with Gasteiger partial charge in [0.15, 0.2) is 18.1 Å². The van der Waals surface area contributed by atoms with Crippen molar-refractivity contribution in [3.05, 3.63) is 66.0 Å². The third-order valence-corrected chi connectivity index (χ3v) is 4.80. The van der Waals surface area contributed by atoms with Crippen LogP contribution < -0.4 is 14.6 Å². The maximum Gasteiger partial charge on any atom is 0.387 e. The Morgan fingerprint density at radius 3 is 2.56 bits per heavy atom. The van der Waals surface area contributed by atoms with Crippen molar-refractivity contribution in [3.8, 4) is 5.75 Å². The van der Waals surface area contributed by atoms with Crippen LogP contribution in [0.2, 0.25) is 0 Å². The molecular formula is C19H18F2N3O2S+. The van der Waals surface area contributed by atoms with Crippen LogP contribution in [0.3, 0.4) is 0 Å². The fraction of sp³-hybridized carbons (Fsp3) is 0.263. The molecule has 5 nitrogen and oxygen atoms in total. The molecule has 0 bridgehead atoms. The first-order chi connectivity index (χ1) is 12.8. The summed E-state index contributed by atoms with van der Waals surface area (Å²) >= 11 is 5.30. The highest BCUT2D eigenvalue weighted by molar-refractivity contribution is 7.80. The van der Waals surface area contributed by atoms with Gasteiger partial charge in [-0.1, -0.05) is 36.5 Å². The Balaban J connectivity index is 2.24. The highest BCUT2D eigenvalue weighted by Gasteiger charge is 2.53. The van der Waals surface area contributed by atoms with E-state index in [4.69, 9.17) is 17.6 Å². The lowest BCUT2D eigenvalue weighted by Gasteiger charge is -2.41. The number of para-hydroxylation sites is 1. The molecule has 3 unspecified atom stereocenters. The molecule has 8 heteroatoms. The van der Waals surface area contributed by atoms with Gasteiger partial charge in [0.1, 0.15) is 10.7 Å². The molecule has 1 saturated heterocycles. The number of alkyl halides is 2. The second-order valence-corrected chi connectivity index (χ2v) is 6.71. The molecule has 1 aliphatic rings. The summed E-state index contributed by atoms with van der Waals surface area (Å²) in [6.07, 6.45) is 3.50. The van der Waals surface area contributed by atoms with Crippen molar-refractivity contribution in [3.63, 3.8) is 0 Å². The molecule has 0 radical (unpaired) electrons. The van der Waals surface area contributed by atoms with Crippen LogP contribution in [-0.2, 0) is 0 Å². The number of hydrogen-bond donors (Lipinski definition) is 3. The van der Waals surface area contributed by atoms with Crippen LogP contribution in [0.4, 0.5) is 8.78 Å². The van der Waals surface area contributed by atoms with E-state index in [2.05, 4.69) is 15.9 Å². The topological polar surface area (TPSA) is 69.2 Å². The highest BCUT2D eigenvalue weighted by Crippen LogP contribution is 2.44. The quantitative estimate of drug-likeness (QED) is 0.325. The van der Waals surface area contributed by atoms with Crippen LogP contribution >= 0.6 is 12.2 Å². The van der Waals surface area contributed by atoms with E-state index in [1.165, 1.54) is 6.07 Å². The zero-order valence-electron chi connectivity index (χ0n) is 14.4. The zero-order chi connectivity index (χ0) is 19.6. The van der Waals surface area contributed by atoms with Crippen molar-refractivity contribution in [2.45, 2.75) is 31.2 Å². The number of pyridine rings is 1. The first-order valence-corrected chi connectivity index (χ1v) is 8.60.